The molecule has 1 rings (SSSR count). The molecule has 1 aromatic rings. The Kier molecular flexibility index (Phi) is 5.08. The van der Waals surface area contributed by atoms with Gasteiger partial charge in [-0.15, -0.1) is 0 Å². The van der Waals surface area contributed by atoms with Crippen LogP contribution in [-0.4, -0.2) is 29.5 Å². The molecule has 3 nitrogen and oxygen atoms in total. The molecule has 0 bridgehead atoms. The van der Waals surface area contributed by atoms with Gasteiger partial charge in [0.2, 0.25) is 0 Å². The van der Waals surface area contributed by atoms with Gasteiger partial charge < -0.3 is 15.5 Å². The molecular weight excluding hydrogens is 258 g/mol. The molecule has 0 amide bonds. The second kappa shape index (κ2) is 6.10. The molecule has 0 aliphatic heterocycles. The van der Waals surface area contributed by atoms with E-state index in [9.17, 15) is 5.11 Å². The van der Waals surface area contributed by atoms with Crippen molar-refractivity contribution < 1.29 is 10.2 Å². The summed E-state index contributed by atoms with van der Waals surface area (Å²) in [7, 11) is 0. The van der Waals surface area contributed by atoms with Crippen molar-refractivity contribution in [2.45, 2.75) is 19.4 Å². The third-order valence-electron chi connectivity index (χ3n) is 2.19. The maximum Gasteiger partial charge on any atom is 0.0942 e. The lowest BCUT2D eigenvalue weighted by Crippen LogP contribution is -2.23. The van der Waals surface area contributed by atoms with Gasteiger partial charge in [0, 0.05) is 16.7 Å². The Hall–Kier alpha value is -0.580. The number of aliphatic hydroxyl groups excluding tert-OH is 2. The lowest BCUT2D eigenvalue weighted by Gasteiger charge is -2.13. The first-order valence-electron chi connectivity index (χ1n) is 4.98. The van der Waals surface area contributed by atoms with Gasteiger partial charge in [0.1, 0.15) is 0 Å². The predicted molar refractivity (Wildman–Crippen MR) is 65.1 cm³/mol. The fourth-order valence-corrected chi connectivity index (χ4v) is 1.73. The van der Waals surface area contributed by atoms with Crippen molar-refractivity contribution in [3.63, 3.8) is 0 Å². The van der Waals surface area contributed by atoms with Crippen LogP contribution in [0.4, 0.5) is 5.69 Å². The average molecular weight is 274 g/mol. The van der Waals surface area contributed by atoms with Crippen molar-refractivity contribution >= 4 is 21.6 Å². The van der Waals surface area contributed by atoms with Crippen molar-refractivity contribution in [3.05, 3.63) is 28.2 Å². The van der Waals surface area contributed by atoms with Gasteiger partial charge >= 0.3 is 0 Å². The first-order valence-corrected chi connectivity index (χ1v) is 5.78. The molecule has 1 atom stereocenters. The highest BCUT2D eigenvalue weighted by molar-refractivity contribution is 9.10. The third kappa shape index (κ3) is 3.81. The minimum Gasteiger partial charge on any atom is -0.394 e. The normalized spacial score (nSPS) is 12.5. The van der Waals surface area contributed by atoms with Crippen LogP contribution in [0.25, 0.3) is 0 Å². The number of anilines is 1. The highest BCUT2D eigenvalue weighted by Gasteiger charge is 2.04. The van der Waals surface area contributed by atoms with E-state index in [4.69, 9.17) is 5.11 Å². The standard InChI is InChI=1S/C11H16BrNO2/c1-2-8-5-9(12)3-4-11(8)13-6-10(15)7-14/h3-5,10,13-15H,2,6-7H2,1H3/t10-/m0/s1. The van der Waals surface area contributed by atoms with E-state index >= 15 is 0 Å². The lowest BCUT2D eigenvalue weighted by atomic mass is 10.1. The van der Waals surface area contributed by atoms with Crippen molar-refractivity contribution in [1.29, 1.82) is 0 Å². The Morgan fingerprint density at radius 1 is 1.47 bits per heavy atom. The van der Waals surface area contributed by atoms with E-state index in [0.717, 1.165) is 16.6 Å². The number of nitrogens with one attached hydrogen (secondary N) is 1. The molecule has 15 heavy (non-hydrogen) atoms. The zero-order chi connectivity index (χ0) is 11.3. The van der Waals surface area contributed by atoms with E-state index < -0.39 is 6.10 Å². The number of halogens is 1. The zero-order valence-corrected chi connectivity index (χ0v) is 10.3. The highest BCUT2D eigenvalue weighted by Crippen LogP contribution is 2.21. The first-order chi connectivity index (χ1) is 7.17. The van der Waals surface area contributed by atoms with Gasteiger partial charge in [-0.05, 0) is 30.2 Å². The molecule has 0 aliphatic rings. The van der Waals surface area contributed by atoms with Gasteiger partial charge in [0.25, 0.3) is 0 Å². The molecule has 0 saturated heterocycles. The maximum absolute atomic E-state index is 9.22. The van der Waals surface area contributed by atoms with Gasteiger partial charge in [-0.25, -0.2) is 0 Å². The van der Waals surface area contributed by atoms with Crippen LogP contribution in [0.15, 0.2) is 22.7 Å². The van der Waals surface area contributed by atoms with Gasteiger partial charge in [-0.1, -0.05) is 22.9 Å². The molecular formula is C11H16BrNO2. The largest absolute Gasteiger partial charge is 0.394 e. The van der Waals surface area contributed by atoms with E-state index in [1.165, 1.54) is 5.56 Å². The molecule has 0 aliphatic carbocycles. The van der Waals surface area contributed by atoms with Crippen LogP contribution in [0.5, 0.6) is 0 Å². The molecule has 4 heteroatoms. The summed E-state index contributed by atoms with van der Waals surface area (Å²) in [4.78, 5) is 0. The molecule has 0 fully saturated rings. The van der Waals surface area contributed by atoms with Crippen LogP contribution in [0.2, 0.25) is 0 Å². The van der Waals surface area contributed by atoms with Gasteiger partial charge in [-0.3, -0.25) is 0 Å². The van der Waals surface area contributed by atoms with Gasteiger partial charge in [0.15, 0.2) is 0 Å². The highest BCUT2D eigenvalue weighted by atomic mass is 79.9. The summed E-state index contributed by atoms with van der Waals surface area (Å²) in [6.45, 7) is 2.23. The Morgan fingerprint density at radius 2 is 2.20 bits per heavy atom. The van der Waals surface area contributed by atoms with E-state index in [2.05, 4.69) is 28.2 Å². The van der Waals surface area contributed by atoms with Crippen LogP contribution in [-0.2, 0) is 6.42 Å². The number of hydrogen-bond donors (Lipinski definition) is 3. The summed E-state index contributed by atoms with van der Waals surface area (Å²) >= 11 is 3.41. The summed E-state index contributed by atoms with van der Waals surface area (Å²) in [5, 5.41) is 21.0. The fraction of sp³-hybridized carbons (Fsp3) is 0.455. The van der Waals surface area contributed by atoms with E-state index in [1.807, 2.05) is 18.2 Å². The van der Waals surface area contributed by atoms with Crippen LogP contribution < -0.4 is 5.32 Å². The van der Waals surface area contributed by atoms with Crippen LogP contribution in [0, 0.1) is 0 Å². The van der Waals surface area contributed by atoms with E-state index in [-0.39, 0.29) is 6.61 Å². The van der Waals surface area contributed by atoms with Crippen molar-refractivity contribution in [2.24, 2.45) is 0 Å². The van der Waals surface area contributed by atoms with Crippen molar-refractivity contribution in [2.75, 3.05) is 18.5 Å². The lowest BCUT2D eigenvalue weighted by molar-refractivity contribution is 0.105. The second-order valence-electron chi connectivity index (χ2n) is 3.37. The Bertz CT molecular complexity index is 317. The van der Waals surface area contributed by atoms with Gasteiger partial charge in [0.05, 0.1) is 12.7 Å². The zero-order valence-electron chi connectivity index (χ0n) is 8.70. The number of rotatable bonds is 5. The minimum atomic E-state index is -0.710. The van der Waals surface area contributed by atoms with Crippen molar-refractivity contribution in [1.82, 2.24) is 0 Å². The molecule has 0 unspecified atom stereocenters. The van der Waals surface area contributed by atoms with Crippen LogP contribution >= 0.6 is 15.9 Å². The Labute approximate surface area is 98.3 Å². The molecule has 0 radical (unpaired) electrons. The monoisotopic (exact) mass is 273 g/mol. The Morgan fingerprint density at radius 3 is 2.80 bits per heavy atom. The number of aliphatic hydroxyl groups is 2. The smallest absolute Gasteiger partial charge is 0.0942 e. The second-order valence-corrected chi connectivity index (χ2v) is 4.29. The summed E-state index contributed by atoms with van der Waals surface area (Å²) in [6.07, 6.45) is 0.218. The SMILES string of the molecule is CCc1cc(Br)ccc1NC[C@H](O)CO. The molecule has 0 saturated carbocycles. The predicted octanol–water partition coefficient (Wildman–Crippen LogP) is 1.78. The molecule has 3 N–H and O–H groups in total. The minimum absolute atomic E-state index is 0.217. The maximum atomic E-state index is 9.22. The van der Waals surface area contributed by atoms with E-state index in [1.54, 1.807) is 0 Å². The first kappa shape index (κ1) is 12.5. The van der Waals surface area contributed by atoms with Crippen molar-refractivity contribution in [3.8, 4) is 0 Å². The average Bonchev–Trinajstić information content (AvgIpc) is 2.26. The fourth-order valence-electron chi connectivity index (χ4n) is 1.32. The number of benzene rings is 1. The summed E-state index contributed by atoms with van der Waals surface area (Å²) in [6, 6.07) is 5.97. The molecule has 84 valence electrons. The Balaban J connectivity index is 2.67. The third-order valence-corrected chi connectivity index (χ3v) is 2.68. The number of aryl methyl sites for hydroxylation is 1. The van der Waals surface area contributed by atoms with Gasteiger partial charge in [-0.2, -0.15) is 0 Å². The molecule has 0 heterocycles. The summed E-state index contributed by atoms with van der Waals surface area (Å²) in [5.74, 6) is 0. The molecule has 0 aromatic heterocycles. The summed E-state index contributed by atoms with van der Waals surface area (Å²) in [5.41, 5.74) is 2.20. The topological polar surface area (TPSA) is 52.5 Å². The van der Waals surface area contributed by atoms with Crippen LogP contribution in [0.3, 0.4) is 0 Å². The number of hydrogen-bond acceptors (Lipinski definition) is 3. The van der Waals surface area contributed by atoms with E-state index in [0.29, 0.717) is 6.54 Å². The van der Waals surface area contributed by atoms with Crippen LogP contribution in [0.1, 0.15) is 12.5 Å². The molecule has 1 aromatic carbocycles. The quantitative estimate of drug-likeness (QED) is 0.767. The molecule has 0 spiro atoms. The summed E-state index contributed by atoms with van der Waals surface area (Å²) < 4.78 is 1.05.